The Hall–Kier alpha value is -1.26. The topological polar surface area (TPSA) is 73.3 Å². The molecule has 0 amide bonds. The maximum Gasteiger partial charge on any atom is 0.124 e. The van der Waals surface area contributed by atoms with Gasteiger partial charge in [0.1, 0.15) is 5.84 Å². The highest BCUT2D eigenvalue weighted by Gasteiger charge is 2.27. The Kier molecular flexibility index (Phi) is 3.78. The molecule has 1 saturated heterocycles. The van der Waals surface area contributed by atoms with Crippen LogP contribution in [0.4, 0.5) is 5.69 Å². The number of nitrogens with zero attached hydrogens (tertiary/aromatic N) is 1. The van der Waals surface area contributed by atoms with Gasteiger partial charge in [0.05, 0.1) is 6.10 Å². The molecule has 1 aromatic carbocycles. The second-order valence-electron chi connectivity index (χ2n) is 4.81. The first-order valence-corrected chi connectivity index (χ1v) is 6.44. The number of aliphatic hydroxyl groups excluding tert-OH is 1. The van der Waals surface area contributed by atoms with Crippen LogP contribution in [-0.4, -0.2) is 30.1 Å². The first-order valence-electron chi connectivity index (χ1n) is 6.06. The Morgan fingerprint density at radius 2 is 2.33 bits per heavy atom. The third-order valence-electron chi connectivity index (χ3n) is 3.50. The predicted octanol–water partition coefficient (Wildman–Crippen LogP) is 1.83. The van der Waals surface area contributed by atoms with E-state index in [0.29, 0.717) is 10.6 Å². The molecule has 2 unspecified atom stereocenters. The van der Waals surface area contributed by atoms with Crippen LogP contribution in [0.2, 0.25) is 5.02 Å². The van der Waals surface area contributed by atoms with Gasteiger partial charge >= 0.3 is 0 Å². The fourth-order valence-corrected chi connectivity index (χ4v) is 2.56. The molecule has 2 atom stereocenters. The van der Waals surface area contributed by atoms with Crippen LogP contribution in [0.5, 0.6) is 0 Å². The summed E-state index contributed by atoms with van der Waals surface area (Å²) in [5.41, 5.74) is 7.18. The number of amidine groups is 1. The Morgan fingerprint density at radius 1 is 1.61 bits per heavy atom. The van der Waals surface area contributed by atoms with Crippen LogP contribution in [0, 0.1) is 11.3 Å². The van der Waals surface area contributed by atoms with E-state index in [1.807, 2.05) is 13.0 Å². The average molecular weight is 268 g/mol. The second kappa shape index (κ2) is 5.16. The zero-order valence-electron chi connectivity index (χ0n) is 10.4. The first kappa shape index (κ1) is 13.2. The zero-order valence-corrected chi connectivity index (χ0v) is 11.1. The minimum atomic E-state index is -0.310. The van der Waals surface area contributed by atoms with Crippen molar-refractivity contribution in [3.05, 3.63) is 28.8 Å². The molecule has 0 saturated carbocycles. The maximum absolute atomic E-state index is 9.63. The number of anilines is 1. The largest absolute Gasteiger partial charge is 0.393 e. The lowest BCUT2D eigenvalue weighted by molar-refractivity contribution is 0.136. The van der Waals surface area contributed by atoms with Crippen LogP contribution < -0.4 is 10.6 Å². The summed E-state index contributed by atoms with van der Waals surface area (Å²) in [6.45, 7) is 3.45. The minimum Gasteiger partial charge on any atom is -0.393 e. The Bertz CT molecular complexity index is 462. The molecule has 4 N–H and O–H groups in total. The summed E-state index contributed by atoms with van der Waals surface area (Å²) in [5, 5.41) is 17.9. The van der Waals surface area contributed by atoms with E-state index in [0.717, 1.165) is 25.2 Å². The van der Waals surface area contributed by atoms with Crippen molar-refractivity contribution in [2.24, 2.45) is 11.7 Å². The quantitative estimate of drug-likeness (QED) is 0.578. The summed E-state index contributed by atoms with van der Waals surface area (Å²) < 4.78 is 0. The van der Waals surface area contributed by atoms with Crippen LogP contribution >= 0.6 is 11.6 Å². The number of nitrogens with one attached hydrogen (secondary N) is 1. The fraction of sp³-hybridized carbons (Fsp3) is 0.462. The molecule has 98 valence electrons. The van der Waals surface area contributed by atoms with Crippen molar-refractivity contribution in [2.45, 2.75) is 19.4 Å². The normalized spacial score (nSPS) is 21.1. The molecule has 0 aromatic heterocycles. The van der Waals surface area contributed by atoms with E-state index >= 15 is 0 Å². The highest BCUT2D eigenvalue weighted by Crippen LogP contribution is 2.30. The smallest absolute Gasteiger partial charge is 0.124 e. The van der Waals surface area contributed by atoms with Gasteiger partial charge in [0.2, 0.25) is 0 Å². The third-order valence-corrected chi connectivity index (χ3v) is 3.73. The van der Waals surface area contributed by atoms with Crippen LogP contribution in [0.3, 0.4) is 0 Å². The molecular formula is C13H18ClN3O. The number of rotatable bonds is 3. The van der Waals surface area contributed by atoms with Crippen LogP contribution in [0.25, 0.3) is 0 Å². The molecule has 4 nitrogen and oxygen atoms in total. The molecule has 1 aliphatic heterocycles. The fourth-order valence-electron chi connectivity index (χ4n) is 2.39. The lowest BCUT2D eigenvalue weighted by Crippen LogP contribution is -2.26. The summed E-state index contributed by atoms with van der Waals surface area (Å²) in [7, 11) is 0. The van der Waals surface area contributed by atoms with E-state index in [1.54, 1.807) is 12.1 Å². The first-order chi connectivity index (χ1) is 8.49. The van der Waals surface area contributed by atoms with Gasteiger partial charge in [-0.25, -0.2) is 0 Å². The maximum atomic E-state index is 9.63. The van der Waals surface area contributed by atoms with E-state index in [2.05, 4.69) is 4.90 Å². The number of nitrogen functional groups attached to an aromatic ring is 1. The number of nitrogens with two attached hydrogens (primary N) is 1. The van der Waals surface area contributed by atoms with Gasteiger partial charge in [0.15, 0.2) is 0 Å². The van der Waals surface area contributed by atoms with E-state index < -0.39 is 0 Å². The number of hydrogen-bond donors (Lipinski definition) is 3. The van der Waals surface area contributed by atoms with Gasteiger partial charge in [-0.2, -0.15) is 0 Å². The number of benzene rings is 1. The van der Waals surface area contributed by atoms with Crippen LogP contribution in [-0.2, 0) is 0 Å². The van der Waals surface area contributed by atoms with E-state index in [-0.39, 0.29) is 17.9 Å². The average Bonchev–Trinajstić information content (AvgIpc) is 2.77. The van der Waals surface area contributed by atoms with Crippen molar-refractivity contribution in [2.75, 3.05) is 18.0 Å². The zero-order chi connectivity index (χ0) is 13.3. The second-order valence-corrected chi connectivity index (χ2v) is 5.25. The van der Waals surface area contributed by atoms with Crippen molar-refractivity contribution in [3.63, 3.8) is 0 Å². The molecule has 1 heterocycles. The molecule has 1 fully saturated rings. The lowest BCUT2D eigenvalue weighted by Gasteiger charge is -2.22. The lowest BCUT2D eigenvalue weighted by atomic mass is 10.0. The van der Waals surface area contributed by atoms with E-state index in [4.69, 9.17) is 22.7 Å². The predicted molar refractivity (Wildman–Crippen MR) is 74.5 cm³/mol. The van der Waals surface area contributed by atoms with Crippen molar-refractivity contribution < 1.29 is 5.11 Å². The van der Waals surface area contributed by atoms with Gasteiger partial charge in [-0.15, -0.1) is 0 Å². The van der Waals surface area contributed by atoms with Gasteiger partial charge in [0, 0.05) is 35.3 Å². The van der Waals surface area contributed by atoms with Gasteiger partial charge in [0.25, 0.3) is 0 Å². The van der Waals surface area contributed by atoms with Gasteiger partial charge in [-0.05, 0) is 31.5 Å². The van der Waals surface area contributed by atoms with Gasteiger partial charge < -0.3 is 15.7 Å². The molecule has 2 rings (SSSR count). The Labute approximate surface area is 112 Å². The standard InChI is InChI=1S/C13H18ClN3O/c1-8(18)9-4-5-17(7-9)12-6-10(14)2-3-11(12)13(15)16/h2-3,6,8-9,18H,4-5,7H2,1H3,(H3,15,16). The molecule has 0 radical (unpaired) electrons. The Morgan fingerprint density at radius 3 is 2.89 bits per heavy atom. The molecule has 1 aromatic rings. The SMILES string of the molecule is CC(O)C1CCN(c2cc(Cl)ccc2C(=N)N)C1. The molecule has 18 heavy (non-hydrogen) atoms. The summed E-state index contributed by atoms with van der Waals surface area (Å²) in [6.07, 6.45) is 0.636. The third kappa shape index (κ3) is 2.60. The summed E-state index contributed by atoms with van der Waals surface area (Å²) in [5.74, 6) is 0.311. The monoisotopic (exact) mass is 267 g/mol. The summed E-state index contributed by atoms with van der Waals surface area (Å²) in [4.78, 5) is 2.14. The number of aliphatic hydroxyl groups is 1. The van der Waals surface area contributed by atoms with Crippen LogP contribution in [0.1, 0.15) is 18.9 Å². The highest BCUT2D eigenvalue weighted by atomic mass is 35.5. The van der Waals surface area contributed by atoms with Gasteiger partial charge in [-0.3, -0.25) is 5.41 Å². The number of hydrogen-bond acceptors (Lipinski definition) is 3. The van der Waals surface area contributed by atoms with Crippen molar-refractivity contribution in [1.29, 1.82) is 5.41 Å². The van der Waals surface area contributed by atoms with Crippen LogP contribution in [0.15, 0.2) is 18.2 Å². The minimum absolute atomic E-state index is 0.0437. The molecule has 0 spiro atoms. The molecule has 1 aliphatic rings. The van der Waals surface area contributed by atoms with Gasteiger partial charge in [-0.1, -0.05) is 11.6 Å². The molecule has 5 heteroatoms. The van der Waals surface area contributed by atoms with E-state index in [1.165, 1.54) is 0 Å². The number of halogens is 1. The highest BCUT2D eigenvalue weighted by molar-refractivity contribution is 6.31. The molecule has 0 bridgehead atoms. The molecule has 0 aliphatic carbocycles. The van der Waals surface area contributed by atoms with Crippen molar-refractivity contribution in [3.8, 4) is 0 Å². The summed E-state index contributed by atoms with van der Waals surface area (Å²) in [6, 6.07) is 5.35. The molecular weight excluding hydrogens is 250 g/mol. The van der Waals surface area contributed by atoms with E-state index in [9.17, 15) is 5.11 Å². The Balaban J connectivity index is 2.28. The van der Waals surface area contributed by atoms with Crippen molar-refractivity contribution in [1.82, 2.24) is 0 Å². The van der Waals surface area contributed by atoms with Crippen molar-refractivity contribution >= 4 is 23.1 Å². The summed E-state index contributed by atoms with van der Waals surface area (Å²) >= 11 is 6.01.